The first-order valence-corrected chi connectivity index (χ1v) is 11.0. The summed E-state index contributed by atoms with van der Waals surface area (Å²) in [6.45, 7) is 6.09. The summed E-state index contributed by atoms with van der Waals surface area (Å²) in [7, 11) is 0. The van der Waals surface area contributed by atoms with E-state index in [9.17, 15) is 9.18 Å². The molecule has 0 spiro atoms. The molecule has 2 N–H and O–H groups in total. The second-order valence-corrected chi connectivity index (χ2v) is 8.78. The van der Waals surface area contributed by atoms with E-state index in [1.165, 1.54) is 31.7 Å². The lowest BCUT2D eigenvalue weighted by molar-refractivity contribution is -0.121. The second kappa shape index (κ2) is 9.58. The Morgan fingerprint density at radius 1 is 1.36 bits per heavy atom. The summed E-state index contributed by atoms with van der Waals surface area (Å²) in [4.78, 5) is 12.3. The Labute approximate surface area is 169 Å². The number of rotatable bonds is 9. The number of carbonyl (C=O) groups excluding carboxylic acids is 1. The van der Waals surface area contributed by atoms with E-state index >= 15 is 0 Å². The summed E-state index contributed by atoms with van der Waals surface area (Å²) >= 11 is 0. The zero-order chi connectivity index (χ0) is 20.1. The number of benzene rings is 1. The topological polar surface area (TPSA) is 41.1 Å². The van der Waals surface area contributed by atoms with Crippen LogP contribution in [0, 0.1) is 24.6 Å². The van der Waals surface area contributed by atoms with E-state index in [0.29, 0.717) is 30.4 Å². The van der Waals surface area contributed by atoms with Crippen molar-refractivity contribution in [3.63, 3.8) is 0 Å². The predicted octanol–water partition coefficient (Wildman–Crippen LogP) is 5.03. The summed E-state index contributed by atoms with van der Waals surface area (Å²) in [5.74, 6) is 1.24. The number of amides is 1. The summed E-state index contributed by atoms with van der Waals surface area (Å²) in [5.41, 5.74) is 3.13. The zero-order valence-corrected chi connectivity index (χ0v) is 17.6. The third-order valence-electron chi connectivity index (χ3n) is 6.60. The van der Waals surface area contributed by atoms with Crippen LogP contribution in [0.3, 0.4) is 0 Å². The van der Waals surface area contributed by atoms with Crippen molar-refractivity contribution < 1.29 is 9.18 Å². The van der Waals surface area contributed by atoms with Crippen LogP contribution in [0.4, 0.5) is 4.39 Å². The maximum Gasteiger partial charge on any atom is 0.220 e. The molecule has 0 bridgehead atoms. The van der Waals surface area contributed by atoms with E-state index in [2.05, 4.69) is 30.7 Å². The van der Waals surface area contributed by atoms with Crippen LogP contribution in [0.1, 0.15) is 69.9 Å². The highest BCUT2D eigenvalue weighted by atomic mass is 19.1. The van der Waals surface area contributed by atoms with E-state index in [4.69, 9.17) is 0 Å². The van der Waals surface area contributed by atoms with Crippen LogP contribution in [0.25, 0.3) is 0 Å². The fourth-order valence-electron chi connectivity index (χ4n) is 4.48. The fraction of sp³-hybridized carbons (Fsp3) is 0.625. The van der Waals surface area contributed by atoms with Crippen LogP contribution in [-0.2, 0) is 11.2 Å². The first-order valence-electron chi connectivity index (χ1n) is 11.0. The zero-order valence-electron chi connectivity index (χ0n) is 17.6. The van der Waals surface area contributed by atoms with Gasteiger partial charge in [0.25, 0.3) is 0 Å². The minimum absolute atomic E-state index is 0.0519. The average Bonchev–Trinajstić information content (AvgIpc) is 3.08. The Morgan fingerprint density at radius 3 is 2.79 bits per heavy atom. The van der Waals surface area contributed by atoms with Gasteiger partial charge in [-0.2, -0.15) is 0 Å². The molecular formula is C24H35FN2O. The number of nitrogens with one attached hydrogen (secondary N) is 2. The van der Waals surface area contributed by atoms with Crippen LogP contribution in [0.15, 0.2) is 30.0 Å². The molecule has 1 amide bonds. The van der Waals surface area contributed by atoms with Crippen molar-refractivity contribution in [3.05, 3.63) is 46.9 Å². The Hall–Kier alpha value is -1.84. The Bertz CT molecular complexity index is 711. The van der Waals surface area contributed by atoms with Gasteiger partial charge in [0.05, 0.1) is 0 Å². The molecule has 2 aliphatic rings. The number of hydrogen-bond donors (Lipinski definition) is 2. The molecule has 1 fully saturated rings. The molecule has 28 heavy (non-hydrogen) atoms. The molecule has 1 aliphatic carbocycles. The number of halogens is 1. The van der Waals surface area contributed by atoms with Gasteiger partial charge in [-0.3, -0.25) is 4.79 Å². The quantitative estimate of drug-likeness (QED) is 0.625. The molecule has 1 heterocycles. The van der Waals surface area contributed by atoms with Crippen molar-refractivity contribution in [2.75, 3.05) is 0 Å². The Balaban J connectivity index is 1.41. The smallest absolute Gasteiger partial charge is 0.220 e. The molecule has 0 aromatic heterocycles. The summed E-state index contributed by atoms with van der Waals surface area (Å²) in [6, 6.07) is 5.88. The first kappa shape index (κ1) is 20.9. The van der Waals surface area contributed by atoms with Crippen molar-refractivity contribution in [1.29, 1.82) is 0 Å². The second-order valence-electron chi connectivity index (χ2n) is 8.78. The molecular weight excluding hydrogens is 351 g/mol. The van der Waals surface area contributed by atoms with Crippen LogP contribution < -0.4 is 10.6 Å². The molecule has 1 aromatic carbocycles. The summed E-state index contributed by atoms with van der Waals surface area (Å²) < 4.78 is 13.6. The number of hydrogen-bond acceptors (Lipinski definition) is 2. The van der Waals surface area contributed by atoms with Gasteiger partial charge in [-0.1, -0.05) is 31.9 Å². The molecule has 3 rings (SSSR count). The molecule has 1 aliphatic heterocycles. The van der Waals surface area contributed by atoms with Crippen LogP contribution in [0.2, 0.25) is 0 Å². The molecule has 0 radical (unpaired) electrons. The minimum Gasteiger partial charge on any atom is -0.388 e. The fourth-order valence-corrected chi connectivity index (χ4v) is 4.48. The molecule has 3 atom stereocenters. The standard InChI is InChI=1S/C24H35FN2O/c1-4-19(23-14-21(15-26-23)20-6-5-7-20)12-17(3)27-24(28)11-10-18-9-8-16(2)22(25)13-18/h8-9,13,15,17,19-20,23,26H,4-7,10-12,14H2,1-3H3,(H,27,28). The lowest BCUT2D eigenvalue weighted by Crippen LogP contribution is -2.38. The van der Waals surface area contributed by atoms with Crippen LogP contribution in [0.5, 0.6) is 0 Å². The highest BCUT2D eigenvalue weighted by Crippen LogP contribution is 2.38. The molecule has 3 unspecified atom stereocenters. The van der Waals surface area contributed by atoms with Crippen molar-refractivity contribution in [2.45, 2.75) is 84.2 Å². The van der Waals surface area contributed by atoms with E-state index in [1.54, 1.807) is 18.6 Å². The molecule has 154 valence electrons. The lowest BCUT2D eigenvalue weighted by Gasteiger charge is -2.29. The average molecular weight is 387 g/mol. The highest BCUT2D eigenvalue weighted by Gasteiger charge is 2.31. The summed E-state index contributed by atoms with van der Waals surface area (Å²) in [6.07, 6.45) is 10.6. The third-order valence-corrected chi connectivity index (χ3v) is 6.60. The normalized spacial score (nSPS) is 21.4. The minimum atomic E-state index is -0.198. The largest absolute Gasteiger partial charge is 0.388 e. The predicted molar refractivity (Wildman–Crippen MR) is 112 cm³/mol. The summed E-state index contributed by atoms with van der Waals surface area (Å²) in [5, 5.41) is 6.75. The number of carbonyl (C=O) groups is 1. The van der Waals surface area contributed by atoms with Gasteiger partial charge in [0.1, 0.15) is 5.82 Å². The van der Waals surface area contributed by atoms with Gasteiger partial charge < -0.3 is 10.6 Å². The first-order chi connectivity index (χ1) is 13.5. The van der Waals surface area contributed by atoms with Gasteiger partial charge >= 0.3 is 0 Å². The van der Waals surface area contributed by atoms with Crippen molar-refractivity contribution in [3.8, 4) is 0 Å². The van der Waals surface area contributed by atoms with Gasteiger partial charge in [-0.05, 0) is 86.8 Å². The van der Waals surface area contributed by atoms with Gasteiger partial charge in [0, 0.05) is 18.5 Å². The monoisotopic (exact) mass is 386 g/mol. The van der Waals surface area contributed by atoms with Gasteiger partial charge in [0.15, 0.2) is 0 Å². The number of aryl methyl sites for hydroxylation is 2. The van der Waals surface area contributed by atoms with E-state index in [-0.39, 0.29) is 17.8 Å². The molecule has 3 nitrogen and oxygen atoms in total. The van der Waals surface area contributed by atoms with Crippen molar-refractivity contribution in [2.24, 2.45) is 11.8 Å². The van der Waals surface area contributed by atoms with Gasteiger partial charge in [-0.25, -0.2) is 4.39 Å². The van der Waals surface area contributed by atoms with Gasteiger partial charge in [-0.15, -0.1) is 0 Å². The van der Waals surface area contributed by atoms with Gasteiger partial charge in [0.2, 0.25) is 5.91 Å². The molecule has 4 heteroatoms. The Kier molecular flexibility index (Phi) is 7.14. The van der Waals surface area contributed by atoms with Crippen LogP contribution in [-0.4, -0.2) is 18.0 Å². The highest BCUT2D eigenvalue weighted by molar-refractivity contribution is 5.76. The van der Waals surface area contributed by atoms with Crippen molar-refractivity contribution >= 4 is 5.91 Å². The van der Waals surface area contributed by atoms with E-state index in [1.807, 2.05) is 6.07 Å². The third kappa shape index (κ3) is 5.36. The Morgan fingerprint density at radius 2 is 2.14 bits per heavy atom. The maximum absolute atomic E-state index is 13.6. The maximum atomic E-state index is 13.6. The molecule has 0 saturated heterocycles. The van der Waals surface area contributed by atoms with Crippen molar-refractivity contribution in [1.82, 2.24) is 10.6 Å². The lowest BCUT2D eigenvalue weighted by atomic mass is 9.77. The van der Waals surface area contributed by atoms with E-state index in [0.717, 1.165) is 24.3 Å². The van der Waals surface area contributed by atoms with E-state index < -0.39 is 0 Å². The molecule has 1 aromatic rings. The molecule has 1 saturated carbocycles. The van der Waals surface area contributed by atoms with Crippen LogP contribution >= 0.6 is 0 Å². The SMILES string of the molecule is CCC(CC(C)NC(=O)CCc1ccc(C)c(F)c1)C1CC(C2CCC2)=CN1.